The van der Waals surface area contributed by atoms with Gasteiger partial charge in [0.25, 0.3) is 6.71 Å². The average molecular weight is 1400 g/mol. The maximum absolute atomic E-state index is 7.15. The summed E-state index contributed by atoms with van der Waals surface area (Å²) in [6.45, 7) is 20.8. The summed E-state index contributed by atoms with van der Waals surface area (Å²) in [5, 5.41) is 9.03. The van der Waals surface area contributed by atoms with Gasteiger partial charge in [-0.05, 0) is 192 Å². The van der Waals surface area contributed by atoms with E-state index < -0.39 is 0 Å². The zero-order valence-corrected chi connectivity index (χ0v) is 62.7. The van der Waals surface area contributed by atoms with E-state index in [1.807, 2.05) is 0 Å². The van der Waals surface area contributed by atoms with Crippen molar-refractivity contribution in [3.8, 4) is 55.9 Å². The van der Waals surface area contributed by atoms with Crippen molar-refractivity contribution in [3.05, 3.63) is 332 Å². The number of fused-ring (bicyclic) bond motifs is 16. The first-order valence-electron chi connectivity index (χ1n) is 38.3. The molecule has 109 heavy (non-hydrogen) atoms. The molecule has 2 aliphatic heterocycles. The molecule has 7 heteroatoms. The van der Waals surface area contributed by atoms with E-state index in [1.54, 1.807) is 0 Å². The van der Waals surface area contributed by atoms with Crippen molar-refractivity contribution in [2.24, 2.45) is 0 Å². The fraction of sp³-hybridized carbons (Fsp3) is 0.118. The van der Waals surface area contributed by atoms with Gasteiger partial charge >= 0.3 is 0 Å². The number of aromatic nitrogens is 2. The molecule has 0 amide bonds. The van der Waals surface area contributed by atoms with Crippen LogP contribution >= 0.6 is 0 Å². The van der Waals surface area contributed by atoms with Gasteiger partial charge in [0.05, 0.1) is 44.2 Å². The molecule has 4 aromatic heterocycles. The summed E-state index contributed by atoms with van der Waals surface area (Å²) in [5.41, 5.74) is 32.4. The Morgan fingerprint density at radius 3 is 1.07 bits per heavy atom. The average Bonchev–Trinajstić information content (AvgIpc) is 1.41. The number of hydrogen-bond donors (Lipinski definition) is 0. The van der Waals surface area contributed by atoms with Crippen molar-refractivity contribution >= 4 is 145 Å². The fourth-order valence-corrected chi connectivity index (χ4v) is 18.1. The summed E-state index contributed by atoms with van der Waals surface area (Å²) in [7, 11) is 0. The molecule has 2 aliphatic rings. The van der Waals surface area contributed by atoms with E-state index in [9.17, 15) is 0 Å². The normalized spacial score (nSPS) is 13.1. The lowest BCUT2D eigenvalue weighted by molar-refractivity contribution is 0.590. The Morgan fingerprint density at radius 2 is 0.642 bits per heavy atom. The number of benzene rings is 15. The van der Waals surface area contributed by atoms with E-state index >= 15 is 0 Å². The third-order valence-corrected chi connectivity index (χ3v) is 23.5. The Kier molecular flexibility index (Phi) is 14.1. The highest BCUT2D eigenvalue weighted by Crippen LogP contribution is 2.56. The van der Waals surface area contributed by atoms with E-state index in [0.29, 0.717) is 0 Å². The molecule has 0 saturated carbocycles. The molecule has 6 heterocycles. The molecular weight excluding hydrogens is 1320 g/mol. The fourth-order valence-electron chi connectivity index (χ4n) is 18.1. The monoisotopic (exact) mass is 1400 g/mol. The van der Waals surface area contributed by atoms with Gasteiger partial charge < -0.3 is 27.8 Å². The Balaban J connectivity index is 0.925. The van der Waals surface area contributed by atoms with E-state index in [2.05, 4.69) is 397 Å². The van der Waals surface area contributed by atoms with Crippen LogP contribution in [0.4, 0.5) is 34.1 Å². The zero-order chi connectivity index (χ0) is 73.5. The summed E-state index contributed by atoms with van der Waals surface area (Å²) < 4.78 is 19.3. The second kappa shape index (κ2) is 23.8. The van der Waals surface area contributed by atoms with Crippen molar-refractivity contribution in [2.45, 2.75) is 78.6 Å². The first-order valence-corrected chi connectivity index (χ1v) is 38.3. The van der Waals surface area contributed by atoms with Crippen LogP contribution < -0.4 is 26.2 Å². The smallest absolute Gasteiger partial charge is 0.252 e. The molecule has 0 spiro atoms. The summed E-state index contributed by atoms with van der Waals surface area (Å²) in [5.74, 6) is 0. The summed E-state index contributed by atoms with van der Waals surface area (Å²) >= 11 is 0. The van der Waals surface area contributed by atoms with Gasteiger partial charge in [-0.2, -0.15) is 0 Å². The number of anilines is 6. The van der Waals surface area contributed by atoms with Crippen molar-refractivity contribution in [2.75, 3.05) is 9.80 Å². The van der Waals surface area contributed by atoms with Crippen molar-refractivity contribution in [1.82, 2.24) is 9.13 Å². The quantitative estimate of drug-likeness (QED) is 0.142. The van der Waals surface area contributed by atoms with Crippen molar-refractivity contribution in [1.29, 1.82) is 0 Å². The molecule has 19 aromatic rings. The first kappa shape index (κ1) is 64.5. The highest BCUT2D eigenvalue weighted by atomic mass is 16.3. The molecule has 0 radical (unpaired) electrons. The summed E-state index contributed by atoms with van der Waals surface area (Å²) in [6, 6.07) is 118. The van der Waals surface area contributed by atoms with Gasteiger partial charge in [-0.25, -0.2) is 0 Å². The van der Waals surface area contributed by atoms with Gasteiger partial charge in [0.2, 0.25) is 0 Å². The second-order valence-electron chi connectivity index (χ2n) is 33.2. The minimum absolute atomic E-state index is 0.132. The molecular formula is C102H79BN4O2. The highest BCUT2D eigenvalue weighted by Gasteiger charge is 2.47. The van der Waals surface area contributed by atoms with E-state index in [4.69, 9.17) is 8.83 Å². The maximum atomic E-state index is 7.15. The van der Waals surface area contributed by atoms with Gasteiger partial charge in [0.15, 0.2) is 0 Å². The van der Waals surface area contributed by atoms with Gasteiger partial charge in [-0.1, -0.05) is 269 Å². The minimum atomic E-state index is -0.373. The Labute approximate surface area is 635 Å². The van der Waals surface area contributed by atoms with Crippen LogP contribution in [0.2, 0.25) is 0 Å². The van der Waals surface area contributed by atoms with E-state index in [-0.39, 0.29) is 23.0 Å². The van der Waals surface area contributed by atoms with Crippen LogP contribution in [0.1, 0.15) is 79.0 Å². The maximum Gasteiger partial charge on any atom is 0.252 e. The van der Waals surface area contributed by atoms with Crippen LogP contribution in [0.25, 0.3) is 143 Å². The summed E-state index contributed by atoms with van der Waals surface area (Å²) in [4.78, 5) is 5.38. The van der Waals surface area contributed by atoms with Crippen LogP contribution in [0.3, 0.4) is 0 Å². The first-order chi connectivity index (χ1) is 53.0. The Bertz CT molecular complexity index is 6600. The lowest BCUT2D eigenvalue weighted by atomic mass is 9.33. The molecule has 0 aliphatic carbocycles. The number of para-hydroxylation sites is 4. The number of furan rings is 2. The van der Waals surface area contributed by atoms with Crippen LogP contribution in [-0.4, -0.2) is 15.8 Å². The SMILES string of the molecule is CC(C)(C)c1cccc(-c2ccc3oc4ccccc4c3c2N2c3cc(-n4c5ccccc5c5cc(-c6ccccc6)ccc54)ccc3B3c4ccc(-n5c6ccccc6c6cc(-c7ccccc7)ccc65)cc4N(c4c(-c5cccc(C(C)(C)C)c5)ccc5oc6ccccc6c45)c4cc(C(C)(C)C)cc2c43)c1. The largest absolute Gasteiger partial charge is 0.456 e. The molecule has 0 N–H and O–H groups in total. The van der Waals surface area contributed by atoms with Gasteiger partial charge in [0, 0.05) is 77.6 Å². The molecule has 15 aromatic carbocycles. The zero-order valence-electron chi connectivity index (χ0n) is 62.7. The van der Waals surface area contributed by atoms with Crippen LogP contribution in [-0.2, 0) is 16.2 Å². The van der Waals surface area contributed by atoms with Crippen molar-refractivity contribution in [3.63, 3.8) is 0 Å². The highest BCUT2D eigenvalue weighted by molar-refractivity contribution is 7.00. The third kappa shape index (κ3) is 10.0. The van der Waals surface area contributed by atoms with Gasteiger partial charge in [-0.15, -0.1) is 0 Å². The number of hydrogen-bond acceptors (Lipinski definition) is 4. The molecule has 522 valence electrons. The third-order valence-electron chi connectivity index (χ3n) is 23.5. The lowest BCUT2D eigenvalue weighted by Gasteiger charge is -2.46. The van der Waals surface area contributed by atoms with Crippen molar-refractivity contribution < 1.29 is 8.83 Å². The van der Waals surface area contributed by atoms with E-state index in [1.165, 1.54) is 76.9 Å². The van der Waals surface area contributed by atoms with Gasteiger partial charge in [0.1, 0.15) is 22.3 Å². The predicted molar refractivity (Wildman–Crippen MR) is 462 cm³/mol. The molecule has 0 saturated heterocycles. The van der Waals surface area contributed by atoms with Crippen LogP contribution in [0.15, 0.2) is 324 Å². The second-order valence-corrected chi connectivity index (χ2v) is 33.2. The molecule has 6 nitrogen and oxygen atoms in total. The summed E-state index contributed by atoms with van der Waals surface area (Å²) in [6.07, 6.45) is 0. The standard InChI is InChI=1S/C102H79BN4O2/c1-100(2,3)68-32-24-30-66(54-68)73-46-52-93-95(77-36-18-22-40-91(77)108-93)98(73)106-87-60-71(104-83-38-20-16-34-75(83)79-56-64(42-50-85(79)104)62-26-12-10-13-27-62)44-48-81(87)103-82-49-45-72(105-84-39-21-17-35-76(84)80-57-65(43-51-86(80)105)63-28-14-11-15-29-63)61-88(82)107(90-59-70(102(7,8)9)58-89(106)97(90)103)99-74(67-31-25-33-69(55-67)101(4,5)6)47-53-94-96(99)78-37-19-23-41-92(78)109-94/h10-61H,1-9H3. The Hall–Kier alpha value is -12.8. The molecule has 0 unspecified atom stereocenters. The number of rotatable bonds is 8. The predicted octanol–water partition coefficient (Wildman–Crippen LogP) is 26.3. The molecule has 21 rings (SSSR count). The lowest BCUT2D eigenvalue weighted by Crippen LogP contribution is -2.61. The molecule has 0 atom stereocenters. The van der Waals surface area contributed by atoms with Gasteiger partial charge in [-0.3, -0.25) is 0 Å². The van der Waals surface area contributed by atoms with Crippen LogP contribution in [0, 0.1) is 0 Å². The van der Waals surface area contributed by atoms with Crippen LogP contribution in [0.5, 0.6) is 0 Å². The van der Waals surface area contributed by atoms with E-state index in [0.717, 1.165) is 134 Å². The number of nitrogens with zero attached hydrogens (tertiary/aromatic N) is 4. The topological polar surface area (TPSA) is 42.6 Å². The molecule has 0 fully saturated rings. The Morgan fingerprint density at radius 1 is 0.257 bits per heavy atom. The molecule has 0 bridgehead atoms. The minimum Gasteiger partial charge on any atom is -0.456 e.